The van der Waals surface area contributed by atoms with Crippen molar-refractivity contribution in [3.8, 4) is 0 Å². The van der Waals surface area contributed by atoms with Gasteiger partial charge in [0.15, 0.2) is 5.78 Å². The Morgan fingerprint density at radius 1 is 1.14 bits per heavy atom. The van der Waals surface area contributed by atoms with Gasteiger partial charge in [0.1, 0.15) is 0 Å². The molecule has 21 heavy (non-hydrogen) atoms. The number of nitrogens with one attached hydrogen (secondary N) is 1. The maximum absolute atomic E-state index is 12.2. The highest BCUT2D eigenvalue weighted by molar-refractivity contribution is 6.30. The Morgan fingerprint density at radius 3 is 2.62 bits per heavy atom. The molecule has 0 saturated heterocycles. The highest BCUT2D eigenvalue weighted by Gasteiger charge is 2.08. The molecule has 0 amide bonds. The summed E-state index contributed by atoms with van der Waals surface area (Å²) in [6, 6.07) is 13.7. The van der Waals surface area contributed by atoms with Crippen LogP contribution in [0.3, 0.4) is 0 Å². The summed E-state index contributed by atoms with van der Waals surface area (Å²) in [5.41, 5.74) is 1.00. The third-order valence-electron chi connectivity index (χ3n) is 2.94. The monoisotopic (exact) mass is 299 g/mol. The minimum absolute atomic E-state index is 0.127. The van der Waals surface area contributed by atoms with E-state index in [1.807, 2.05) is 6.07 Å². The van der Waals surface area contributed by atoms with Crippen molar-refractivity contribution in [2.45, 2.75) is 0 Å². The number of carbonyl (C=O) groups excluding carboxylic acids is 1. The average molecular weight is 300 g/mol. The summed E-state index contributed by atoms with van der Waals surface area (Å²) >= 11 is 5.88. The van der Waals surface area contributed by atoms with Crippen LogP contribution in [0, 0.1) is 0 Å². The van der Waals surface area contributed by atoms with Crippen molar-refractivity contribution in [2.75, 3.05) is 12.4 Å². The van der Waals surface area contributed by atoms with Gasteiger partial charge in [-0.2, -0.15) is 0 Å². The summed E-state index contributed by atoms with van der Waals surface area (Å²) in [6.45, 7) is 0. The molecular weight excluding hydrogens is 286 g/mol. The second kappa shape index (κ2) is 6.86. The van der Waals surface area contributed by atoms with Gasteiger partial charge in [0.2, 0.25) is 5.43 Å². The Bertz CT molecular complexity index is 754. The quantitative estimate of drug-likeness (QED) is 0.692. The Labute approximate surface area is 127 Å². The molecule has 0 heterocycles. The van der Waals surface area contributed by atoms with Gasteiger partial charge in [-0.05, 0) is 35.9 Å². The lowest BCUT2D eigenvalue weighted by molar-refractivity contribution is 0.104. The number of halogens is 1. The van der Waals surface area contributed by atoms with Gasteiger partial charge >= 0.3 is 0 Å². The Hall–Kier alpha value is -2.39. The number of benzene rings is 1. The third-order valence-corrected chi connectivity index (χ3v) is 3.17. The van der Waals surface area contributed by atoms with E-state index in [1.165, 1.54) is 12.1 Å². The Morgan fingerprint density at radius 2 is 1.90 bits per heavy atom. The molecule has 0 unspecified atom stereocenters. The standard InChI is InChI=1S/C17H14ClNO2/c1-19-15-8-3-2-7-14(17(15)21)16(20)10-9-12-5-4-6-13(18)11-12/h2-11H,1H3,(H,19,21). The highest BCUT2D eigenvalue weighted by atomic mass is 35.5. The number of anilines is 1. The van der Waals surface area contributed by atoms with E-state index in [0.29, 0.717) is 10.7 Å². The molecule has 0 fully saturated rings. The average Bonchev–Trinajstić information content (AvgIpc) is 2.66. The predicted molar refractivity (Wildman–Crippen MR) is 87.1 cm³/mol. The van der Waals surface area contributed by atoms with Gasteiger partial charge < -0.3 is 5.32 Å². The van der Waals surface area contributed by atoms with Crippen LogP contribution in [-0.4, -0.2) is 12.8 Å². The second-order valence-corrected chi connectivity index (χ2v) is 4.81. The Kier molecular flexibility index (Phi) is 4.90. The van der Waals surface area contributed by atoms with E-state index in [2.05, 4.69) is 5.32 Å². The van der Waals surface area contributed by atoms with Gasteiger partial charge in [-0.3, -0.25) is 9.59 Å². The molecule has 0 saturated carbocycles. The van der Waals surface area contributed by atoms with Crippen molar-refractivity contribution in [3.05, 3.63) is 81.0 Å². The van der Waals surface area contributed by atoms with Gasteiger partial charge in [0.25, 0.3) is 0 Å². The molecule has 0 aliphatic heterocycles. The van der Waals surface area contributed by atoms with Gasteiger partial charge in [-0.1, -0.05) is 41.9 Å². The van der Waals surface area contributed by atoms with Crippen LogP contribution in [0.15, 0.2) is 59.4 Å². The van der Waals surface area contributed by atoms with Crippen LogP contribution in [0.5, 0.6) is 0 Å². The van der Waals surface area contributed by atoms with Gasteiger partial charge in [-0.25, -0.2) is 0 Å². The molecule has 0 spiro atoms. The fourth-order valence-corrected chi connectivity index (χ4v) is 2.06. The zero-order valence-electron chi connectivity index (χ0n) is 11.5. The molecule has 3 nitrogen and oxygen atoms in total. The van der Waals surface area contributed by atoms with Crippen molar-refractivity contribution >= 4 is 29.1 Å². The molecule has 2 aromatic rings. The molecule has 0 aromatic heterocycles. The summed E-state index contributed by atoms with van der Waals surface area (Å²) in [5.74, 6) is -0.340. The smallest absolute Gasteiger partial charge is 0.212 e. The first-order valence-corrected chi connectivity index (χ1v) is 6.78. The fraction of sp³-hybridized carbons (Fsp3) is 0.0588. The summed E-state index contributed by atoms with van der Waals surface area (Å²) < 4.78 is 0. The molecule has 0 bridgehead atoms. The zero-order valence-corrected chi connectivity index (χ0v) is 12.2. The normalized spacial score (nSPS) is 10.6. The van der Waals surface area contributed by atoms with Gasteiger partial charge in [-0.15, -0.1) is 0 Å². The van der Waals surface area contributed by atoms with E-state index in [0.717, 1.165) is 5.56 Å². The maximum atomic E-state index is 12.2. The summed E-state index contributed by atoms with van der Waals surface area (Å²) in [4.78, 5) is 24.4. The Balaban J connectivity index is 2.34. The van der Waals surface area contributed by atoms with E-state index in [-0.39, 0.29) is 16.8 Å². The minimum Gasteiger partial charge on any atom is -0.385 e. The SMILES string of the molecule is CNc1ccccc(C(=O)C=Cc2cccc(Cl)c2)c1=O. The molecule has 0 atom stereocenters. The number of allylic oxidation sites excluding steroid dienone is 1. The number of carbonyl (C=O) groups is 1. The van der Waals surface area contributed by atoms with Gasteiger partial charge in [0.05, 0.1) is 11.3 Å². The lowest BCUT2D eigenvalue weighted by Crippen LogP contribution is -2.14. The summed E-state index contributed by atoms with van der Waals surface area (Å²) in [7, 11) is 1.65. The van der Waals surface area contributed by atoms with E-state index >= 15 is 0 Å². The van der Waals surface area contributed by atoms with E-state index in [1.54, 1.807) is 49.5 Å². The molecule has 1 N–H and O–H groups in total. The first kappa shape index (κ1) is 15.0. The molecule has 106 valence electrons. The lowest BCUT2D eigenvalue weighted by Gasteiger charge is -1.96. The first-order chi connectivity index (χ1) is 10.1. The van der Waals surface area contributed by atoms with Crippen molar-refractivity contribution < 1.29 is 4.79 Å². The highest BCUT2D eigenvalue weighted by Crippen LogP contribution is 2.12. The topological polar surface area (TPSA) is 46.2 Å². The number of hydrogen-bond donors (Lipinski definition) is 1. The van der Waals surface area contributed by atoms with Crippen LogP contribution in [0.2, 0.25) is 5.02 Å². The summed E-state index contributed by atoms with van der Waals surface area (Å²) in [5, 5.41) is 3.38. The van der Waals surface area contributed by atoms with Crippen LogP contribution in [0.25, 0.3) is 6.08 Å². The van der Waals surface area contributed by atoms with Crippen molar-refractivity contribution in [2.24, 2.45) is 0 Å². The predicted octanol–water partition coefficient (Wildman–Crippen LogP) is 3.64. The molecule has 0 aliphatic carbocycles. The lowest BCUT2D eigenvalue weighted by atomic mass is 10.1. The van der Waals surface area contributed by atoms with Crippen LogP contribution in [0.1, 0.15) is 15.9 Å². The van der Waals surface area contributed by atoms with Crippen molar-refractivity contribution in [1.29, 1.82) is 0 Å². The van der Waals surface area contributed by atoms with Crippen LogP contribution in [0.4, 0.5) is 5.69 Å². The number of hydrogen-bond acceptors (Lipinski definition) is 3. The van der Waals surface area contributed by atoms with Crippen molar-refractivity contribution in [3.63, 3.8) is 0 Å². The molecule has 2 rings (SSSR count). The molecule has 4 heteroatoms. The van der Waals surface area contributed by atoms with E-state index < -0.39 is 0 Å². The molecule has 0 aliphatic rings. The largest absolute Gasteiger partial charge is 0.385 e. The maximum Gasteiger partial charge on any atom is 0.212 e. The third kappa shape index (κ3) is 3.80. The van der Waals surface area contributed by atoms with Crippen LogP contribution >= 0.6 is 11.6 Å². The number of ketones is 1. The zero-order chi connectivity index (χ0) is 15.2. The first-order valence-electron chi connectivity index (χ1n) is 6.41. The van der Waals surface area contributed by atoms with E-state index in [9.17, 15) is 9.59 Å². The molecule has 2 aromatic carbocycles. The second-order valence-electron chi connectivity index (χ2n) is 4.38. The van der Waals surface area contributed by atoms with Crippen LogP contribution in [-0.2, 0) is 0 Å². The van der Waals surface area contributed by atoms with Crippen LogP contribution < -0.4 is 10.7 Å². The molecule has 0 radical (unpaired) electrons. The fourth-order valence-electron chi connectivity index (χ4n) is 1.86. The summed E-state index contributed by atoms with van der Waals surface area (Å²) in [6.07, 6.45) is 3.02. The van der Waals surface area contributed by atoms with Crippen molar-refractivity contribution in [1.82, 2.24) is 0 Å². The number of rotatable bonds is 4. The van der Waals surface area contributed by atoms with Gasteiger partial charge in [0, 0.05) is 12.1 Å². The molecular formula is C17H14ClNO2. The minimum atomic E-state index is -0.340. The van der Waals surface area contributed by atoms with E-state index in [4.69, 9.17) is 11.6 Å².